The minimum absolute atomic E-state index is 0.242. The number of halogens is 1. The number of nitrogens with one attached hydrogen (secondary N) is 1. The summed E-state index contributed by atoms with van der Waals surface area (Å²) in [7, 11) is 0. The molecule has 2 aromatic heterocycles. The zero-order chi connectivity index (χ0) is 11.1. The highest BCUT2D eigenvalue weighted by molar-refractivity contribution is 7.17. The quantitative estimate of drug-likeness (QED) is 0.693. The molecule has 3 rings (SSSR count). The Morgan fingerprint density at radius 3 is 2.69 bits per heavy atom. The molecule has 0 aliphatic rings. The minimum atomic E-state index is 0.242. The molecule has 0 amide bonds. The molecular weight excluding hydrogens is 244 g/mol. The van der Waals surface area contributed by atoms with E-state index in [0.717, 1.165) is 21.6 Å². The van der Waals surface area contributed by atoms with Crippen molar-refractivity contribution in [1.29, 1.82) is 0 Å². The molecular formula is C11H7ClN2OS. The zero-order valence-electron chi connectivity index (χ0n) is 8.07. The topological polar surface area (TPSA) is 48.9 Å². The van der Waals surface area contributed by atoms with Crippen molar-refractivity contribution >= 4 is 33.3 Å². The van der Waals surface area contributed by atoms with Crippen LogP contribution in [0.4, 0.5) is 0 Å². The van der Waals surface area contributed by atoms with Crippen LogP contribution in [0.25, 0.3) is 21.6 Å². The summed E-state index contributed by atoms with van der Waals surface area (Å²) in [5.41, 5.74) is 4.34. The summed E-state index contributed by atoms with van der Waals surface area (Å²) >= 11 is 7.76. The number of aromatic amines is 1. The minimum Gasteiger partial charge on any atom is -0.508 e. The van der Waals surface area contributed by atoms with E-state index in [1.165, 1.54) is 11.3 Å². The number of benzene rings is 1. The Bertz CT molecular complexity index is 642. The van der Waals surface area contributed by atoms with Crippen LogP contribution >= 0.6 is 22.9 Å². The van der Waals surface area contributed by atoms with Crippen molar-refractivity contribution < 1.29 is 5.11 Å². The van der Waals surface area contributed by atoms with Crippen LogP contribution in [0.5, 0.6) is 5.75 Å². The second kappa shape index (κ2) is 3.50. The smallest absolute Gasteiger partial charge is 0.150 e. The van der Waals surface area contributed by atoms with Crippen LogP contribution in [0.15, 0.2) is 29.8 Å². The number of hydrogen-bond donors (Lipinski definition) is 2. The van der Waals surface area contributed by atoms with Crippen molar-refractivity contribution in [3.05, 3.63) is 34.8 Å². The van der Waals surface area contributed by atoms with E-state index in [9.17, 15) is 5.11 Å². The number of rotatable bonds is 1. The molecule has 2 N–H and O–H groups in total. The molecule has 0 aliphatic carbocycles. The van der Waals surface area contributed by atoms with Gasteiger partial charge in [-0.1, -0.05) is 11.6 Å². The van der Waals surface area contributed by atoms with Crippen LogP contribution in [0.3, 0.4) is 0 Å². The van der Waals surface area contributed by atoms with Crippen LogP contribution in [-0.4, -0.2) is 15.1 Å². The fourth-order valence-electron chi connectivity index (χ4n) is 1.60. The molecule has 0 spiro atoms. The molecule has 3 aromatic rings. The molecule has 5 heteroatoms. The normalized spacial score (nSPS) is 11.1. The Morgan fingerprint density at radius 1 is 1.25 bits per heavy atom. The first-order chi connectivity index (χ1) is 7.75. The van der Waals surface area contributed by atoms with Gasteiger partial charge in [0.2, 0.25) is 0 Å². The van der Waals surface area contributed by atoms with Gasteiger partial charge in [0.1, 0.15) is 11.4 Å². The van der Waals surface area contributed by atoms with Gasteiger partial charge in [0.15, 0.2) is 0 Å². The highest BCUT2D eigenvalue weighted by atomic mass is 35.5. The Balaban J connectivity index is 2.21. The first-order valence-corrected chi connectivity index (χ1v) is 5.91. The second-order valence-electron chi connectivity index (χ2n) is 3.39. The molecule has 16 heavy (non-hydrogen) atoms. The maximum Gasteiger partial charge on any atom is 0.150 e. The molecule has 0 unspecified atom stereocenters. The van der Waals surface area contributed by atoms with Crippen molar-refractivity contribution in [2.24, 2.45) is 0 Å². The summed E-state index contributed by atoms with van der Waals surface area (Å²) in [4.78, 5) is 7.34. The van der Waals surface area contributed by atoms with Gasteiger partial charge in [-0.25, -0.2) is 4.98 Å². The number of fused-ring (bicyclic) bond motifs is 1. The van der Waals surface area contributed by atoms with E-state index in [0.29, 0.717) is 5.02 Å². The van der Waals surface area contributed by atoms with E-state index in [-0.39, 0.29) is 5.75 Å². The third-order valence-corrected chi connectivity index (χ3v) is 3.72. The van der Waals surface area contributed by atoms with Gasteiger partial charge in [0.05, 0.1) is 20.9 Å². The number of hydrogen-bond acceptors (Lipinski definition) is 3. The Morgan fingerprint density at radius 2 is 2.00 bits per heavy atom. The molecule has 0 saturated heterocycles. The summed E-state index contributed by atoms with van der Waals surface area (Å²) in [6.45, 7) is 0. The van der Waals surface area contributed by atoms with Crippen molar-refractivity contribution in [2.75, 3.05) is 0 Å². The lowest BCUT2D eigenvalue weighted by molar-refractivity contribution is 0.475. The maximum atomic E-state index is 9.22. The first kappa shape index (κ1) is 9.69. The Hall–Kier alpha value is -1.52. The number of thiazole rings is 1. The predicted molar refractivity (Wildman–Crippen MR) is 66.1 cm³/mol. The summed E-state index contributed by atoms with van der Waals surface area (Å²) in [5, 5.41) is 9.90. The van der Waals surface area contributed by atoms with E-state index in [1.807, 2.05) is 12.1 Å². The van der Waals surface area contributed by atoms with Crippen LogP contribution in [0.2, 0.25) is 5.02 Å². The summed E-state index contributed by atoms with van der Waals surface area (Å²) in [6.07, 6.45) is 0. The van der Waals surface area contributed by atoms with E-state index in [2.05, 4.69) is 9.97 Å². The van der Waals surface area contributed by atoms with Crippen LogP contribution in [-0.2, 0) is 0 Å². The van der Waals surface area contributed by atoms with Gasteiger partial charge in [0, 0.05) is 0 Å². The predicted octanol–water partition coefficient (Wildman–Crippen LogP) is 3.65. The molecule has 0 saturated carbocycles. The molecule has 3 nitrogen and oxygen atoms in total. The largest absolute Gasteiger partial charge is 0.508 e. The monoisotopic (exact) mass is 250 g/mol. The number of phenolic OH excluding ortho intramolecular Hbond substituents is 1. The molecule has 1 aromatic carbocycles. The van der Waals surface area contributed by atoms with E-state index < -0.39 is 0 Å². The highest BCUT2D eigenvalue weighted by Crippen LogP contribution is 2.36. The fraction of sp³-hybridized carbons (Fsp3) is 0. The molecule has 0 fully saturated rings. The fourth-order valence-corrected chi connectivity index (χ4v) is 2.67. The maximum absolute atomic E-state index is 9.22. The summed E-state index contributed by atoms with van der Waals surface area (Å²) < 4.78 is 0.963. The first-order valence-electron chi connectivity index (χ1n) is 4.66. The van der Waals surface area contributed by atoms with E-state index in [4.69, 9.17) is 11.6 Å². The highest BCUT2D eigenvalue weighted by Gasteiger charge is 2.12. The second-order valence-corrected chi connectivity index (χ2v) is 4.62. The number of H-pyrrole nitrogens is 1. The summed E-state index contributed by atoms with van der Waals surface area (Å²) in [5.74, 6) is 0.242. The standard InChI is InChI=1S/C11H7ClN2OS/c12-8-9(6-1-3-7(15)4-2-6)14-11-10(8)16-5-13-11/h1-5,14-15H. The lowest BCUT2D eigenvalue weighted by Crippen LogP contribution is -1.77. The van der Waals surface area contributed by atoms with E-state index in [1.54, 1.807) is 17.6 Å². The molecule has 0 atom stereocenters. The van der Waals surface area contributed by atoms with E-state index >= 15 is 0 Å². The third-order valence-electron chi connectivity index (χ3n) is 2.39. The zero-order valence-corrected chi connectivity index (χ0v) is 9.64. The molecule has 0 aliphatic heterocycles. The SMILES string of the molecule is Oc1ccc(-c2[nH]c3ncsc3c2Cl)cc1. The number of phenols is 1. The van der Waals surface area contributed by atoms with Gasteiger partial charge in [-0.05, 0) is 29.8 Å². The average molecular weight is 251 g/mol. The van der Waals surface area contributed by atoms with Crippen LogP contribution in [0, 0.1) is 0 Å². The van der Waals surface area contributed by atoms with Gasteiger partial charge in [0.25, 0.3) is 0 Å². The average Bonchev–Trinajstić information content (AvgIpc) is 2.84. The lowest BCUT2D eigenvalue weighted by atomic mass is 10.1. The van der Waals surface area contributed by atoms with Crippen molar-refractivity contribution in [3.63, 3.8) is 0 Å². The molecule has 0 radical (unpaired) electrons. The molecule has 0 bridgehead atoms. The van der Waals surface area contributed by atoms with Gasteiger partial charge in [-0.2, -0.15) is 0 Å². The van der Waals surface area contributed by atoms with Crippen LogP contribution in [0.1, 0.15) is 0 Å². The summed E-state index contributed by atoms with van der Waals surface area (Å²) in [6, 6.07) is 6.90. The van der Waals surface area contributed by atoms with Gasteiger partial charge in [-0.15, -0.1) is 11.3 Å². The third kappa shape index (κ3) is 1.38. The Kier molecular flexibility index (Phi) is 2.12. The number of aromatic hydroxyl groups is 1. The van der Waals surface area contributed by atoms with Gasteiger partial charge >= 0.3 is 0 Å². The lowest BCUT2D eigenvalue weighted by Gasteiger charge is -1.99. The van der Waals surface area contributed by atoms with Gasteiger partial charge in [-0.3, -0.25) is 0 Å². The van der Waals surface area contributed by atoms with Crippen molar-refractivity contribution in [1.82, 2.24) is 9.97 Å². The Labute approximate surface area is 100 Å². The number of aromatic nitrogens is 2. The van der Waals surface area contributed by atoms with Crippen molar-refractivity contribution in [3.8, 4) is 17.0 Å². The molecule has 2 heterocycles. The number of nitrogens with zero attached hydrogens (tertiary/aromatic N) is 1. The van der Waals surface area contributed by atoms with Gasteiger partial charge < -0.3 is 10.1 Å². The van der Waals surface area contributed by atoms with Crippen molar-refractivity contribution in [2.45, 2.75) is 0 Å². The van der Waals surface area contributed by atoms with Crippen LogP contribution < -0.4 is 0 Å². The molecule has 80 valence electrons.